The van der Waals surface area contributed by atoms with Crippen LogP contribution >= 0.6 is 11.6 Å². The van der Waals surface area contributed by atoms with E-state index in [0.29, 0.717) is 5.92 Å². The summed E-state index contributed by atoms with van der Waals surface area (Å²) < 4.78 is 27.2. The summed E-state index contributed by atoms with van der Waals surface area (Å²) in [5, 5.41) is 0.161. The van der Waals surface area contributed by atoms with Crippen LogP contribution in [0.15, 0.2) is 23.1 Å². The summed E-state index contributed by atoms with van der Waals surface area (Å²) in [5.74, 6) is 0.557. The number of sulfonamides is 1. The minimum absolute atomic E-state index is 0.00813. The van der Waals surface area contributed by atoms with Crippen LogP contribution in [0.2, 0.25) is 5.02 Å². The van der Waals surface area contributed by atoms with E-state index < -0.39 is 10.0 Å². The van der Waals surface area contributed by atoms with Crippen molar-refractivity contribution in [3.63, 3.8) is 0 Å². The summed E-state index contributed by atoms with van der Waals surface area (Å²) in [6, 6.07) is 4.69. The summed E-state index contributed by atoms with van der Waals surface area (Å²) in [7, 11) is -3.64. The van der Waals surface area contributed by atoms with E-state index in [1.807, 2.05) is 0 Å². The van der Waals surface area contributed by atoms with Crippen molar-refractivity contribution in [1.82, 2.24) is 4.72 Å². The van der Waals surface area contributed by atoms with Crippen LogP contribution in [-0.2, 0) is 10.0 Å². The van der Waals surface area contributed by atoms with Crippen molar-refractivity contribution >= 4 is 27.3 Å². The lowest BCUT2D eigenvalue weighted by atomic mass is 10.1. The Hall–Kier alpha value is -0.780. The molecule has 0 bridgehead atoms. The van der Waals surface area contributed by atoms with Crippen molar-refractivity contribution in [3.05, 3.63) is 23.2 Å². The second-order valence-electron chi connectivity index (χ2n) is 4.89. The standard InChI is InChI=1S/C12H17ClN2O2S/c1-8-5-6-9(7-8)15-18(16,17)12-10(13)3-2-4-11(12)14/h2-4,8-9,15H,5-7,14H2,1H3. The molecule has 2 atom stereocenters. The highest BCUT2D eigenvalue weighted by Gasteiger charge is 2.28. The third kappa shape index (κ3) is 2.79. The molecule has 0 spiro atoms. The Morgan fingerprint density at radius 3 is 2.67 bits per heavy atom. The molecule has 1 aromatic rings. The summed E-state index contributed by atoms with van der Waals surface area (Å²) in [5.41, 5.74) is 5.89. The molecule has 1 aliphatic carbocycles. The molecule has 2 rings (SSSR count). The second kappa shape index (κ2) is 5.07. The third-order valence-corrected chi connectivity index (χ3v) is 5.35. The van der Waals surface area contributed by atoms with Gasteiger partial charge in [0, 0.05) is 6.04 Å². The minimum atomic E-state index is -3.64. The molecular weight excluding hydrogens is 272 g/mol. The molecule has 0 aromatic heterocycles. The van der Waals surface area contributed by atoms with Gasteiger partial charge in [-0.25, -0.2) is 13.1 Å². The molecule has 6 heteroatoms. The highest BCUT2D eigenvalue weighted by atomic mass is 35.5. The second-order valence-corrected chi connectivity index (χ2v) is 6.95. The number of rotatable bonds is 3. The minimum Gasteiger partial charge on any atom is -0.398 e. The molecule has 3 N–H and O–H groups in total. The fourth-order valence-electron chi connectivity index (χ4n) is 2.40. The first kappa shape index (κ1) is 13.6. The van der Waals surface area contributed by atoms with Crippen molar-refractivity contribution in [2.75, 3.05) is 5.73 Å². The predicted molar refractivity (Wildman–Crippen MR) is 73.0 cm³/mol. The summed E-state index contributed by atoms with van der Waals surface area (Å²) in [6.45, 7) is 2.12. The molecular formula is C12H17ClN2O2S. The number of anilines is 1. The zero-order valence-electron chi connectivity index (χ0n) is 10.2. The normalized spacial score (nSPS) is 24.3. The maximum atomic E-state index is 12.3. The quantitative estimate of drug-likeness (QED) is 0.839. The molecule has 2 unspecified atom stereocenters. The summed E-state index contributed by atoms with van der Waals surface area (Å²) >= 11 is 5.93. The molecule has 0 aliphatic heterocycles. The maximum absolute atomic E-state index is 12.3. The van der Waals surface area contributed by atoms with Crippen LogP contribution < -0.4 is 10.5 Å². The molecule has 0 saturated heterocycles. The van der Waals surface area contributed by atoms with Gasteiger partial charge in [0.25, 0.3) is 0 Å². The Kier molecular flexibility index (Phi) is 3.84. The summed E-state index contributed by atoms with van der Waals surface area (Å²) in [6.07, 6.45) is 2.78. The van der Waals surface area contributed by atoms with E-state index in [-0.39, 0.29) is 21.6 Å². The van der Waals surface area contributed by atoms with Gasteiger partial charge in [-0.15, -0.1) is 0 Å². The molecule has 18 heavy (non-hydrogen) atoms. The van der Waals surface area contributed by atoms with Crippen LogP contribution in [0, 0.1) is 5.92 Å². The molecule has 1 aliphatic rings. The van der Waals surface area contributed by atoms with Crippen molar-refractivity contribution in [3.8, 4) is 0 Å². The van der Waals surface area contributed by atoms with Gasteiger partial charge < -0.3 is 5.73 Å². The number of hydrogen-bond acceptors (Lipinski definition) is 3. The van der Waals surface area contributed by atoms with Gasteiger partial charge in [-0.3, -0.25) is 0 Å². The molecule has 0 amide bonds. The Morgan fingerprint density at radius 2 is 2.11 bits per heavy atom. The van der Waals surface area contributed by atoms with E-state index in [1.165, 1.54) is 12.1 Å². The summed E-state index contributed by atoms with van der Waals surface area (Å²) in [4.78, 5) is -0.00813. The lowest BCUT2D eigenvalue weighted by molar-refractivity contribution is 0.539. The lowest BCUT2D eigenvalue weighted by Gasteiger charge is -2.15. The smallest absolute Gasteiger partial charge is 0.244 e. The van der Waals surface area contributed by atoms with Crippen LogP contribution in [-0.4, -0.2) is 14.5 Å². The van der Waals surface area contributed by atoms with Gasteiger partial charge in [-0.05, 0) is 37.3 Å². The Labute approximate surface area is 113 Å². The van der Waals surface area contributed by atoms with E-state index in [1.54, 1.807) is 6.07 Å². The number of nitrogens with one attached hydrogen (secondary N) is 1. The van der Waals surface area contributed by atoms with E-state index in [4.69, 9.17) is 17.3 Å². The number of benzene rings is 1. The number of nitrogen functional groups attached to an aromatic ring is 1. The zero-order chi connectivity index (χ0) is 13.3. The topological polar surface area (TPSA) is 72.2 Å². The first-order valence-corrected chi connectivity index (χ1v) is 7.82. The van der Waals surface area contributed by atoms with Gasteiger partial charge in [0.2, 0.25) is 10.0 Å². The van der Waals surface area contributed by atoms with Crippen LogP contribution in [0.4, 0.5) is 5.69 Å². The number of nitrogens with two attached hydrogens (primary N) is 1. The molecule has 1 fully saturated rings. The highest BCUT2D eigenvalue weighted by molar-refractivity contribution is 7.89. The number of hydrogen-bond donors (Lipinski definition) is 2. The first-order valence-electron chi connectivity index (χ1n) is 5.96. The van der Waals surface area contributed by atoms with Crippen molar-refractivity contribution in [2.24, 2.45) is 5.92 Å². The lowest BCUT2D eigenvalue weighted by Crippen LogP contribution is -2.33. The van der Waals surface area contributed by atoms with Crippen LogP contribution in [0.3, 0.4) is 0 Å². The molecule has 4 nitrogen and oxygen atoms in total. The molecule has 0 heterocycles. The fraction of sp³-hybridized carbons (Fsp3) is 0.500. The van der Waals surface area contributed by atoms with E-state index >= 15 is 0 Å². The van der Waals surface area contributed by atoms with Crippen molar-refractivity contribution in [1.29, 1.82) is 0 Å². The van der Waals surface area contributed by atoms with Gasteiger partial charge in [-0.2, -0.15) is 0 Å². The average molecular weight is 289 g/mol. The highest BCUT2D eigenvalue weighted by Crippen LogP contribution is 2.30. The molecule has 1 aromatic carbocycles. The van der Waals surface area contributed by atoms with Gasteiger partial charge >= 0.3 is 0 Å². The van der Waals surface area contributed by atoms with Gasteiger partial charge in [0.15, 0.2) is 0 Å². The predicted octanol–water partition coefficient (Wildman–Crippen LogP) is 2.39. The van der Waals surface area contributed by atoms with Gasteiger partial charge in [0.1, 0.15) is 4.90 Å². The van der Waals surface area contributed by atoms with E-state index in [2.05, 4.69) is 11.6 Å². The molecule has 100 valence electrons. The first-order chi connectivity index (χ1) is 8.40. The maximum Gasteiger partial charge on any atom is 0.244 e. The zero-order valence-corrected chi connectivity index (χ0v) is 11.8. The largest absolute Gasteiger partial charge is 0.398 e. The fourth-order valence-corrected chi connectivity index (χ4v) is 4.36. The Balaban J connectivity index is 2.26. The average Bonchev–Trinajstić information content (AvgIpc) is 2.62. The van der Waals surface area contributed by atoms with Crippen LogP contribution in [0.5, 0.6) is 0 Å². The third-order valence-electron chi connectivity index (χ3n) is 3.28. The van der Waals surface area contributed by atoms with Crippen molar-refractivity contribution < 1.29 is 8.42 Å². The monoisotopic (exact) mass is 288 g/mol. The van der Waals surface area contributed by atoms with Gasteiger partial charge in [0.05, 0.1) is 10.7 Å². The Bertz CT molecular complexity index is 525. The van der Waals surface area contributed by atoms with E-state index in [0.717, 1.165) is 19.3 Å². The molecule has 1 saturated carbocycles. The molecule has 0 radical (unpaired) electrons. The van der Waals surface area contributed by atoms with Crippen LogP contribution in [0.25, 0.3) is 0 Å². The van der Waals surface area contributed by atoms with Gasteiger partial charge in [-0.1, -0.05) is 24.6 Å². The SMILES string of the molecule is CC1CCC(NS(=O)(=O)c2c(N)cccc2Cl)C1. The number of halogens is 1. The van der Waals surface area contributed by atoms with Crippen LogP contribution in [0.1, 0.15) is 26.2 Å². The van der Waals surface area contributed by atoms with Crippen molar-refractivity contribution in [2.45, 2.75) is 37.1 Å². The van der Waals surface area contributed by atoms with E-state index in [9.17, 15) is 8.42 Å². The Morgan fingerprint density at radius 1 is 1.39 bits per heavy atom.